The molecule has 4 rings (SSSR count). The van der Waals surface area contributed by atoms with Gasteiger partial charge in [0.1, 0.15) is 18.2 Å². The lowest BCUT2D eigenvalue weighted by atomic mass is 10.1. The van der Waals surface area contributed by atoms with Gasteiger partial charge in [-0.3, -0.25) is 14.2 Å². The van der Waals surface area contributed by atoms with Crippen LogP contribution < -0.4 is 10.9 Å². The number of aromatic nitrogens is 2. The first-order chi connectivity index (χ1) is 16.8. The predicted octanol–water partition coefficient (Wildman–Crippen LogP) is 3.82. The highest BCUT2D eigenvalue weighted by molar-refractivity contribution is 5.91. The van der Waals surface area contributed by atoms with Crippen molar-refractivity contribution in [3.8, 4) is 11.4 Å². The number of aryl methyl sites for hydroxylation is 1. The minimum Gasteiger partial charge on any atom is -0.450 e. The van der Waals surface area contributed by atoms with Gasteiger partial charge in [0.25, 0.3) is 5.56 Å². The summed E-state index contributed by atoms with van der Waals surface area (Å²) in [6.07, 6.45) is -0.178. The molecule has 0 fully saturated rings. The van der Waals surface area contributed by atoms with Crippen LogP contribution in [0.5, 0.6) is 0 Å². The van der Waals surface area contributed by atoms with E-state index in [-0.39, 0.29) is 37.0 Å². The summed E-state index contributed by atoms with van der Waals surface area (Å²) in [5.74, 6) is -0.577. The van der Waals surface area contributed by atoms with Crippen molar-refractivity contribution in [3.05, 3.63) is 81.0 Å². The van der Waals surface area contributed by atoms with Crippen molar-refractivity contribution >= 4 is 17.7 Å². The van der Waals surface area contributed by atoms with Crippen LogP contribution in [0.25, 0.3) is 11.4 Å². The van der Waals surface area contributed by atoms with Gasteiger partial charge >= 0.3 is 6.09 Å². The minimum absolute atomic E-state index is 0.118. The van der Waals surface area contributed by atoms with Crippen molar-refractivity contribution in [2.45, 2.75) is 40.3 Å². The molecule has 35 heavy (non-hydrogen) atoms. The molecular weight excluding hydrogens is 451 g/mol. The standard InChI is InChI=1S/C26H27FN4O4/c1-4-35-26(34)30-13-12-20-22(14-30)29-24(18-8-10-19(27)11-9-18)31(25(20)33)15-23(32)28-21-7-5-6-16(2)17(21)3/h5-11H,4,12-15H2,1-3H3,(H,28,32). The molecule has 0 atom stereocenters. The van der Waals surface area contributed by atoms with Crippen LogP contribution in [0.3, 0.4) is 0 Å². The molecule has 0 radical (unpaired) electrons. The summed E-state index contributed by atoms with van der Waals surface area (Å²) < 4.78 is 20.0. The number of hydrogen-bond donors (Lipinski definition) is 1. The van der Waals surface area contributed by atoms with Crippen LogP contribution in [0.15, 0.2) is 47.3 Å². The summed E-state index contributed by atoms with van der Waals surface area (Å²) in [5.41, 5.74) is 3.68. The van der Waals surface area contributed by atoms with Crippen LogP contribution in [0, 0.1) is 19.7 Å². The van der Waals surface area contributed by atoms with Gasteiger partial charge in [-0.2, -0.15) is 0 Å². The third-order valence-corrected chi connectivity index (χ3v) is 6.13. The third-order valence-electron chi connectivity index (χ3n) is 6.13. The molecule has 3 aromatic rings. The second-order valence-corrected chi connectivity index (χ2v) is 8.42. The summed E-state index contributed by atoms with van der Waals surface area (Å²) in [5, 5.41) is 2.87. The van der Waals surface area contributed by atoms with E-state index in [1.807, 2.05) is 26.0 Å². The first kappa shape index (κ1) is 24.1. The number of carbonyl (C=O) groups is 2. The van der Waals surface area contributed by atoms with Gasteiger partial charge in [0.15, 0.2) is 0 Å². The molecule has 0 spiro atoms. The highest BCUT2D eigenvalue weighted by atomic mass is 19.1. The van der Waals surface area contributed by atoms with Gasteiger partial charge in [-0.25, -0.2) is 14.2 Å². The number of carbonyl (C=O) groups excluding carboxylic acids is 2. The second-order valence-electron chi connectivity index (χ2n) is 8.42. The van der Waals surface area contributed by atoms with Gasteiger partial charge in [0, 0.05) is 23.4 Å². The average Bonchev–Trinajstić information content (AvgIpc) is 2.84. The molecule has 2 heterocycles. The average molecular weight is 479 g/mol. The Kier molecular flexibility index (Phi) is 6.95. The van der Waals surface area contributed by atoms with Crippen LogP contribution in [-0.2, 0) is 29.0 Å². The Morgan fingerprint density at radius 1 is 1.14 bits per heavy atom. The van der Waals surface area contributed by atoms with E-state index in [1.54, 1.807) is 13.0 Å². The number of rotatable bonds is 5. The molecule has 9 heteroatoms. The molecule has 0 saturated carbocycles. The number of fused-ring (bicyclic) bond motifs is 1. The normalized spacial score (nSPS) is 12.7. The Balaban J connectivity index is 1.72. The van der Waals surface area contributed by atoms with Crippen LogP contribution in [0.2, 0.25) is 0 Å². The molecule has 2 amide bonds. The van der Waals surface area contributed by atoms with Crippen molar-refractivity contribution in [2.75, 3.05) is 18.5 Å². The molecule has 2 aromatic carbocycles. The number of hydrogen-bond acceptors (Lipinski definition) is 5. The van der Waals surface area contributed by atoms with E-state index in [1.165, 1.54) is 33.7 Å². The fraction of sp³-hybridized carbons (Fsp3) is 0.308. The number of amides is 2. The van der Waals surface area contributed by atoms with Gasteiger partial charge in [-0.1, -0.05) is 12.1 Å². The van der Waals surface area contributed by atoms with E-state index in [0.717, 1.165) is 11.1 Å². The van der Waals surface area contributed by atoms with E-state index in [4.69, 9.17) is 4.74 Å². The molecule has 8 nitrogen and oxygen atoms in total. The molecule has 0 bridgehead atoms. The predicted molar refractivity (Wildman–Crippen MR) is 130 cm³/mol. The van der Waals surface area contributed by atoms with Gasteiger partial charge < -0.3 is 15.0 Å². The van der Waals surface area contributed by atoms with Gasteiger partial charge in [-0.15, -0.1) is 0 Å². The highest BCUT2D eigenvalue weighted by Gasteiger charge is 2.27. The molecule has 1 aliphatic rings. The molecule has 1 N–H and O–H groups in total. The van der Waals surface area contributed by atoms with E-state index in [0.29, 0.717) is 35.5 Å². The number of anilines is 1. The Labute approximate surface area is 202 Å². The number of halogens is 1. The zero-order valence-corrected chi connectivity index (χ0v) is 19.9. The summed E-state index contributed by atoms with van der Waals surface area (Å²) in [4.78, 5) is 44.9. The molecular formula is C26H27FN4O4. The zero-order valence-electron chi connectivity index (χ0n) is 19.9. The molecule has 0 unspecified atom stereocenters. The lowest BCUT2D eigenvalue weighted by Gasteiger charge is -2.28. The van der Waals surface area contributed by atoms with Crippen LogP contribution in [0.4, 0.5) is 14.9 Å². The molecule has 1 aliphatic heterocycles. The summed E-state index contributed by atoms with van der Waals surface area (Å²) in [6, 6.07) is 11.2. The Hall–Kier alpha value is -4.01. The van der Waals surface area contributed by atoms with Crippen molar-refractivity contribution in [3.63, 3.8) is 0 Å². The van der Waals surface area contributed by atoms with E-state index in [2.05, 4.69) is 10.3 Å². The van der Waals surface area contributed by atoms with Crippen molar-refractivity contribution in [1.29, 1.82) is 0 Å². The van der Waals surface area contributed by atoms with Crippen LogP contribution >= 0.6 is 0 Å². The maximum Gasteiger partial charge on any atom is 0.410 e. The second kappa shape index (κ2) is 10.1. The van der Waals surface area contributed by atoms with E-state index in [9.17, 15) is 18.8 Å². The van der Waals surface area contributed by atoms with Crippen molar-refractivity contribution in [1.82, 2.24) is 14.5 Å². The van der Waals surface area contributed by atoms with Crippen molar-refractivity contribution < 1.29 is 18.7 Å². The van der Waals surface area contributed by atoms with Crippen molar-refractivity contribution in [2.24, 2.45) is 0 Å². The lowest BCUT2D eigenvalue weighted by molar-refractivity contribution is -0.116. The molecule has 182 valence electrons. The first-order valence-electron chi connectivity index (χ1n) is 11.4. The van der Waals surface area contributed by atoms with E-state index < -0.39 is 11.9 Å². The monoisotopic (exact) mass is 478 g/mol. The largest absolute Gasteiger partial charge is 0.450 e. The highest BCUT2D eigenvalue weighted by Crippen LogP contribution is 2.23. The maximum absolute atomic E-state index is 13.6. The Morgan fingerprint density at radius 3 is 2.60 bits per heavy atom. The fourth-order valence-electron chi connectivity index (χ4n) is 4.08. The number of nitrogens with one attached hydrogen (secondary N) is 1. The minimum atomic E-state index is -0.472. The number of ether oxygens (including phenoxy) is 1. The Bertz CT molecular complexity index is 1330. The SMILES string of the molecule is CCOC(=O)N1CCc2c(nc(-c3ccc(F)cc3)n(CC(=O)Nc3cccc(C)c3C)c2=O)C1. The summed E-state index contributed by atoms with van der Waals surface area (Å²) in [7, 11) is 0. The van der Waals surface area contributed by atoms with Crippen LogP contribution in [0.1, 0.15) is 29.3 Å². The molecule has 0 saturated heterocycles. The third kappa shape index (κ3) is 5.08. The van der Waals surface area contributed by atoms with Gasteiger partial charge in [0.2, 0.25) is 5.91 Å². The topological polar surface area (TPSA) is 93.5 Å². The first-order valence-corrected chi connectivity index (χ1v) is 11.4. The zero-order chi connectivity index (χ0) is 25.1. The summed E-state index contributed by atoms with van der Waals surface area (Å²) >= 11 is 0. The quantitative estimate of drug-likeness (QED) is 0.602. The number of nitrogens with zero attached hydrogens (tertiary/aromatic N) is 3. The molecule has 1 aromatic heterocycles. The van der Waals surface area contributed by atoms with Gasteiger partial charge in [-0.05, 0) is 68.7 Å². The maximum atomic E-state index is 13.6. The summed E-state index contributed by atoms with van der Waals surface area (Å²) in [6.45, 7) is 6.00. The number of benzene rings is 2. The van der Waals surface area contributed by atoms with Gasteiger partial charge in [0.05, 0.1) is 18.8 Å². The van der Waals surface area contributed by atoms with E-state index >= 15 is 0 Å². The smallest absolute Gasteiger partial charge is 0.410 e. The lowest BCUT2D eigenvalue weighted by Crippen LogP contribution is -2.42. The van der Waals surface area contributed by atoms with Crippen LogP contribution in [-0.4, -0.2) is 39.6 Å². The molecule has 0 aliphatic carbocycles. The Morgan fingerprint density at radius 2 is 1.89 bits per heavy atom. The fourth-order valence-corrected chi connectivity index (χ4v) is 4.08.